The van der Waals surface area contributed by atoms with Crippen LogP contribution in [-0.2, 0) is 11.2 Å². The maximum absolute atomic E-state index is 14.9. The first kappa shape index (κ1) is 32.4. The van der Waals surface area contributed by atoms with Crippen LogP contribution in [0, 0.1) is 24.5 Å². The number of anilines is 2. The zero-order valence-electron chi connectivity index (χ0n) is 25.3. The van der Waals surface area contributed by atoms with Crippen molar-refractivity contribution in [3.63, 3.8) is 0 Å². The molecule has 0 aliphatic carbocycles. The first-order valence-corrected chi connectivity index (χ1v) is 15.9. The smallest absolute Gasteiger partial charge is 0.255 e. The Balaban J connectivity index is 1.45. The monoisotopic (exact) mass is 625 g/mol. The molecule has 2 N–H and O–H groups in total. The molecule has 0 radical (unpaired) electrons. The summed E-state index contributed by atoms with van der Waals surface area (Å²) in [6.07, 6.45) is 2.96. The highest BCUT2D eigenvalue weighted by atomic mass is 32.1. The minimum absolute atomic E-state index is 0.0647. The molecule has 0 aliphatic rings. The molecule has 4 aromatic rings. The van der Waals surface area contributed by atoms with E-state index in [2.05, 4.69) is 53.4 Å². The van der Waals surface area contributed by atoms with E-state index in [9.17, 15) is 18.4 Å². The topological polar surface area (TPSA) is 87.2 Å². The van der Waals surface area contributed by atoms with E-state index in [-0.39, 0.29) is 17.2 Å². The lowest BCUT2D eigenvalue weighted by molar-refractivity contribution is -0.116. The molecule has 7 nitrogen and oxygen atoms in total. The molecule has 11 heteroatoms. The van der Waals surface area contributed by atoms with E-state index in [1.54, 1.807) is 23.6 Å². The summed E-state index contributed by atoms with van der Waals surface area (Å²) in [6, 6.07) is 9.52. The van der Waals surface area contributed by atoms with Crippen molar-refractivity contribution >= 4 is 45.3 Å². The first-order valence-electron chi connectivity index (χ1n) is 14.2. The van der Waals surface area contributed by atoms with Gasteiger partial charge in [0.05, 0.1) is 22.0 Å². The zero-order chi connectivity index (χ0) is 31.3. The van der Waals surface area contributed by atoms with Crippen LogP contribution in [-0.4, -0.2) is 46.8 Å². The molecule has 0 saturated carbocycles. The number of aryl methyl sites for hydroxylation is 2. The van der Waals surface area contributed by atoms with Crippen molar-refractivity contribution < 1.29 is 18.4 Å². The standard InChI is InChI=1S/C32H37F2N5O2S2/c1-7-21-9-8-10-22(14-21)30(41)36-26-15-23(24(33)16-25(26)34)27-17-42-31(37-27)29-20(4)35-32(43-29)38-28(40)12-11-18(2)13-19(3)39(5)6/h8-10,14-19H,7,11-13H2,1-6H3,(H,36,41)(H,35,38,40). The van der Waals surface area contributed by atoms with Gasteiger partial charge in [-0.25, -0.2) is 18.7 Å². The normalized spacial score (nSPS) is 12.8. The third-order valence-electron chi connectivity index (χ3n) is 7.41. The number of thiazole rings is 2. The van der Waals surface area contributed by atoms with Crippen LogP contribution in [0.25, 0.3) is 21.1 Å². The Kier molecular flexibility index (Phi) is 10.8. The molecule has 0 bridgehead atoms. The van der Waals surface area contributed by atoms with Gasteiger partial charge in [-0.2, -0.15) is 0 Å². The molecule has 2 heterocycles. The number of nitrogens with one attached hydrogen (secondary N) is 2. The van der Waals surface area contributed by atoms with E-state index < -0.39 is 17.5 Å². The van der Waals surface area contributed by atoms with Crippen molar-refractivity contribution in [2.75, 3.05) is 24.7 Å². The predicted molar refractivity (Wildman–Crippen MR) is 172 cm³/mol. The van der Waals surface area contributed by atoms with Crippen molar-refractivity contribution in [1.29, 1.82) is 0 Å². The largest absolute Gasteiger partial charge is 0.319 e. The Morgan fingerprint density at radius 3 is 2.53 bits per heavy atom. The average Bonchev–Trinajstić information content (AvgIpc) is 3.59. The zero-order valence-corrected chi connectivity index (χ0v) is 26.9. The van der Waals surface area contributed by atoms with Crippen LogP contribution in [0.1, 0.15) is 61.6 Å². The minimum atomic E-state index is -0.878. The molecule has 0 fully saturated rings. The molecule has 4 rings (SSSR count). The maximum Gasteiger partial charge on any atom is 0.255 e. The summed E-state index contributed by atoms with van der Waals surface area (Å²) in [5.74, 6) is -1.83. The van der Waals surface area contributed by atoms with E-state index in [1.807, 2.05) is 19.9 Å². The minimum Gasteiger partial charge on any atom is -0.319 e. The number of carbonyl (C=O) groups excluding carboxylic acids is 2. The van der Waals surface area contributed by atoms with Gasteiger partial charge in [-0.15, -0.1) is 11.3 Å². The second-order valence-corrected chi connectivity index (χ2v) is 12.9. The lowest BCUT2D eigenvalue weighted by atomic mass is 9.97. The highest BCUT2D eigenvalue weighted by Gasteiger charge is 2.20. The van der Waals surface area contributed by atoms with Crippen molar-refractivity contribution in [2.24, 2.45) is 5.92 Å². The number of amides is 2. The van der Waals surface area contributed by atoms with Crippen LogP contribution in [0.4, 0.5) is 19.6 Å². The fourth-order valence-corrected chi connectivity index (χ4v) is 6.53. The number of hydrogen-bond donors (Lipinski definition) is 2. The second-order valence-electron chi connectivity index (χ2n) is 11.0. The summed E-state index contributed by atoms with van der Waals surface area (Å²) in [7, 11) is 4.11. The van der Waals surface area contributed by atoms with Gasteiger partial charge in [0.15, 0.2) is 5.13 Å². The summed E-state index contributed by atoms with van der Waals surface area (Å²) in [5, 5.41) is 8.21. The summed E-state index contributed by atoms with van der Waals surface area (Å²) < 4.78 is 29.6. The number of hydrogen-bond acceptors (Lipinski definition) is 7. The van der Waals surface area contributed by atoms with Crippen LogP contribution in [0.3, 0.4) is 0 Å². The number of nitrogens with zero attached hydrogens (tertiary/aromatic N) is 3. The molecule has 228 valence electrons. The van der Waals surface area contributed by atoms with Gasteiger partial charge in [-0.1, -0.05) is 37.3 Å². The summed E-state index contributed by atoms with van der Waals surface area (Å²) in [6.45, 7) is 8.14. The Labute approximate surface area is 259 Å². The van der Waals surface area contributed by atoms with Crippen LogP contribution >= 0.6 is 22.7 Å². The van der Waals surface area contributed by atoms with Crippen LogP contribution < -0.4 is 10.6 Å². The lowest BCUT2D eigenvalue weighted by Crippen LogP contribution is -2.26. The van der Waals surface area contributed by atoms with Gasteiger partial charge in [-0.05, 0) is 76.9 Å². The van der Waals surface area contributed by atoms with E-state index in [0.717, 1.165) is 35.8 Å². The summed E-state index contributed by atoms with van der Waals surface area (Å²) in [5.41, 5.74) is 2.29. The number of aromatic nitrogens is 2. The molecule has 43 heavy (non-hydrogen) atoms. The average molecular weight is 626 g/mol. The Morgan fingerprint density at radius 2 is 1.81 bits per heavy atom. The molecular weight excluding hydrogens is 589 g/mol. The lowest BCUT2D eigenvalue weighted by Gasteiger charge is -2.23. The van der Waals surface area contributed by atoms with E-state index >= 15 is 0 Å². The van der Waals surface area contributed by atoms with Crippen LogP contribution in [0.15, 0.2) is 41.8 Å². The number of benzene rings is 2. The van der Waals surface area contributed by atoms with E-state index in [0.29, 0.717) is 45.5 Å². The highest BCUT2D eigenvalue weighted by Crippen LogP contribution is 2.38. The third kappa shape index (κ3) is 8.31. The maximum atomic E-state index is 14.9. The van der Waals surface area contributed by atoms with Gasteiger partial charge in [0.25, 0.3) is 5.91 Å². The SMILES string of the molecule is CCc1cccc(C(=O)Nc2cc(-c3csc(-c4sc(NC(=O)CCC(C)CC(C)N(C)C)nc4C)n3)c(F)cc2F)c1. The number of rotatable bonds is 12. The van der Waals surface area contributed by atoms with Crippen molar-refractivity contribution in [2.45, 2.75) is 59.4 Å². The van der Waals surface area contributed by atoms with Crippen LogP contribution in [0.5, 0.6) is 0 Å². The van der Waals surface area contributed by atoms with Crippen LogP contribution in [0.2, 0.25) is 0 Å². The first-order chi connectivity index (χ1) is 20.4. The fourth-order valence-electron chi connectivity index (χ4n) is 4.59. The summed E-state index contributed by atoms with van der Waals surface area (Å²) >= 11 is 2.60. The Hall–Kier alpha value is -3.54. The number of carbonyl (C=O) groups is 2. The quantitative estimate of drug-likeness (QED) is 0.166. The van der Waals surface area contributed by atoms with Gasteiger partial charge in [0.2, 0.25) is 5.91 Å². The molecular formula is C32H37F2N5O2S2. The molecule has 0 spiro atoms. The number of halogens is 2. The van der Waals surface area contributed by atoms with Gasteiger partial charge in [-0.3, -0.25) is 9.59 Å². The Morgan fingerprint density at radius 1 is 1.05 bits per heavy atom. The van der Waals surface area contributed by atoms with Gasteiger partial charge in [0, 0.05) is 35.0 Å². The molecule has 0 saturated heterocycles. The van der Waals surface area contributed by atoms with Crippen molar-refractivity contribution in [3.8, 4) is 21.1 Å². The highest BCUT2D eigenvalue weighted by molar-refractivity contribution is 7.23. The van der Waals surface area contributed by atoms with Gasteiger partial charge < -0.3 is 15.5 Å². The predicted octanol–water partition coefficient (Wildman–Crippen LogP) is 8.03. The fraction of sp³-hybridized carbons (Fsp3) is 0.375. The molecule has 2 aromatic heterocycles. The molecule has 2 unspecified atom stereocenters. The summed E-state index contributed by atoms with van der Waals surface area (Å²) in [4.78, 5) is 37.4. The van der Waals surface area contributed by atoms with E-state index in [1.165, 1.54) is 28.7 Å². The third-order valence-corrected chi connectivity index (χ3v) is 9.48. The van der Waals surface area contributed by atoms with Gasteiger partial charge in [0.1, 0.15) is 16.6 Å². The molecule has 0 aliphatic heterocycles. The van der Waals surface area contributed by atoms with Crippen molar-refractivity contribution in [3.05, 3.63) is 70.2 Å². The van der Waals surface area contributed by atoms with E-state index in [4.69, 9.17) is 0 Å². The van der Waals surface area contributed by atoms with Gasteiger partial charge >= 0.3 is 0 Å². The van der Waals surface area contributed by atoms with Crippen molar-refractivity contribution in [1.82, 2.24) is 14.9 Å². The Bertz CT molecular complexity index is 1600. The molecule has 2 amide bonds. The second kappa shape index (κ2) is 14.3. The molecule has 2 aromatic carbocycles. The molecule has 2 atom stereocenters.